The largest absolute Gasteiger partial charge is 0.506 e. The number of phenols is 1. The number of carboxylic acid groups (broad SMARTS) is 2. The quantitative estimate of drug-likeness (QED) is 0.347. The van der Waals surface area contributed by atoms with E-state index < -0.39 is 6.16 Å². The molecule has 1 aromatic rings. The average molecular weight is 171 g/mol. The molecule has 0 amide bonds. The van der Waals surface area contributed by atoms with Gasteiger partial charge in [0.2, 0.25) is 0 Å². The molecule has 0 spiro atoms. The molecule has 0 radical (unpaired) electrons. The molecule has 0 saturated heterocycles. The number of anilines is 1. The lowest BCUT2D eigenvalue weighted by atomic mass is 10.3. The van der Waals surface area contributed by atoms with Gasteiger partial charge in [0, 0.05) is 0 Å². The predicted molar refractivity (Wildman–Crippen MR) is 43.2 cm³/mol. The Kier molecular flexibility index (Phi) is 4.07. The molecule has 0 unspecified atom stereocenters. The Hall–Kier alpha value is -1.91. The second-order valence-corrected chi connectivity index (χ2v) is 1.84. The highest BCUT2D eigenvalue weighted by atomic mass is 16.6. The second-order valence-electron chi connectivity index (χ2n) is 1.84. The van der Waals surface area contributed by atoms with Gasteiger partial charge in [-0.05, 0) is 12.1 Å². The molecule has 0 atom stereocenters. The lowest BCUT2D eigenvalue weighted by Crippen LogP contribution is -1.82. The summed E-state index contributed by atoms with van der Waals surface area (Å²) in [5.74, 6) is 0.146. The normalized spacial score (nSPS) is 8.00. The SMILES string of the molecule is Nc1ccccc1O.O=C(O)O. The van der Waals surface area contributed by atoms with E-state index in [2.05, 4.69) is 0 Å². The molecule has 12 heavy (non-hydrogen) atoms. The molecule has 0 heterocycles. The zero-order chi connectivity index (χ0) is 9.56. The first-order valence-corrected chi connectivity index (χ1v) is 2.99. The average Bonchev–Trinajstić information content (AvgIpc) is 1.94. The molecular formula is C7H9NO4. The number of para-hydroxylation sites is 2. The monoisotopic (exact) mass is 171 g/mol. The molecule has 0 fully saturated rings. The van der Waals surface area contributed by atoms with Crippen LogP contribution in [0.15, 0.2) is 24.3 Å². The van der Waals surface area contributed by atoms with Gasteiger partial charge in [-0.1, -0.05) is 12.1 Å². The number of carbonyl (C=O) groups is 1. The number of nitrogens with two attached hydrogens (primary N) is 1. The third kappa shape index (κ3) is 4.92. The van der Waals surface area contributed by atoms with Crippen molar-refractivity contribution in [3.8, 4) is 5.75 Å². The van der Waals surface area contributed by atoms with Crippen molar-refractivity contribution in [3.63, 3.8) is 0 Å². The van der Waals surface area contributed by atoms with E-state index in [1.165, 1.54) is 0 Å². The van der Waals surface area contributed by atoms with E-state index in [1.54, 1.807) is 24.3 Å². The van der Waals surface area contributed by atoms with Crippen LogP contribution in [-0.2, 0) is 0 Å². The Morgan fingerprint density at radius 2 is 1.67 bits per heavy atom. The molecule has 0 aliphatic carbocycles. The number of aromatic hydroxyl groups is 1. The molecule has 0 aliphatic heterocycles. The third-order valence-electron chi connectivity index (χ3n) is 0.937. The van der Waals surface area contributed by atoms with E-state index in [4.69, 9.17) is 25.8 Å². The Morgan fingerprint density at radius 1 is 1.25 bits per heavy atom. The van der Waals surface area contributed by atoms with Gasteiger partial charge in [-0.2, -0.15) is 0 Å². The van der Waals surface area contributed by atoms with Gasteiger partial charge in [0.05, 0.1) is 5.69 Å². The van der Waals surface area contributed by atoms with E-state index in [1.807, 2.05) is 0 Å². The zero-order valence-corrected chi connectivity index (χ0v) is 6.14. The van der Waals surface area contributed by atoms with Gasteiger partial charge in [0.1, 0.15) is 5.75 Å². The van der Waals surface area contributed by atoms with E-state index in [0.29, 0.717) is 5.69 Å². The van der Waals surface area contributed by atoms with Crippen LogP contribution in [0.25, 0.3) is 0 Å². The van der Waals surface area contributed by atoms with Crippen molar-refractivity contribution < 1.29 is 20.1 Å². The molecule has 0 aromatic heterocycles. The van der Waals surface area contributed by atoms with Gasteiger partial charge in [0.25, 0.3) is 0 Å². The predicted octanol–water partition coefficient (Wildman–Crippen LogP) is 1.20. The lowest BCUT2D eigenvalue weighted by Gasteiger charge is -1.92. The number of nitrogen functional groups attached to an aromatic ring is 1. The minimum atomic E-state index is -1.83. The van der Waals surface area contributed by atoms with Crippen molar-refractivity contribution in [2.75, 3.05) is 5.73 Å². The first kappa shape index (κ1) is 10.1. The number of benzene rings is 1. The number of hydrogen-bond donors (Lipinski definition) is 4. The van der Waals surface area contributed by atoms with Crippen LogP contribution in [0.4, 0.5) is 10.5 Å². The molecule has 5 N–H and O–H groups in total. The van der Waals surface area contributed by atoms with Gasteiger partial charge >= 0.3 is 6.16 Å². The molecule has 1 rings (SSSR count). The van der Waals surface area contributed by atoms with Crippen molar-refractivity contribution in [1.82, 2.24) is 0 Å². The van der Waals surface area contributed by atoms with E-state index in [9.17, 15) is 0 Å². The summed E-state index contributed by atoms with van der Waals surface area (Å²) in [7, 11) is 0. The molecule has 0 saturated carbocycles. The fourth-order valence-corrected chi connectivity index (χ4v) is 0.488. The summed E-state index contributed by atoms with van der Waals surface area (Å²) < 4.78 is 0. The maximum absolute atomic E-state index is 8.79. The van der Waals surface area contributed by atoms with E-state index >= 15 is 0 Å². The number of phenolic OH excluding ortho intramolecular Hbond substituents is 1. The lowest BCUT2D eigenvalue weighted by molar-refractivity contribution is 0.137. The second kappa shape index (κ2) is 4.84. The number of rotatable bonds is 0. The Labute approximate surface area is 68.7 Å². The first-order chi connectivity index (χ1) is 5.54. The summed E-state index contributed by atoms with van der Waals surface area (Å²) in [6, 6.07) is 6.70. The fourth-order valence-electron chi connectivity index (χ4n) is 0.488. The van der Waals surface area contributed by atoms with Gasteiger partial charge in [-0.15, -0.1) is 0 Å². The molecule has 1 aromatic carbocycles. The van der Waals surface area contributed by atoms with Crippen molar-refractivity contribution in [2.45, 2.75) is 0 Å². The van der Waals surface area contributed by atoms with E-state index in [-0.39, 0.29) is 5.75 Å². The third-order valence-corrected chi connectivity index (χ3v) is 0.937. The molecule has 66 valence electrons. The number of hydrogen-bond acceptors (Lipinski definition) is 3. The maximum atomic E-state index is 8.79. The first-order valence-electron chi connectivity index (χ1n) is 2.99. The highest BCUT2D eigenvalue weighted by Crippen LogP contribution is 2.16. The van der Waals surface area contributed by atoms with Gasteiger partial charge in [0.15, 0.2) is 0 Å². The topological polar surface area (TPSA) is 104 Å². The Balaban J connectivity index is 0.000000261. The molecule has 0 aliphatic rings. The van der Waals surface area contributed by atoms with Crippen molar-refractivity contribution in [1.29, 1.82) is 0 Å². The Bertz CT molecular complexity index is 236. The minimum Gasteiger partial charge on any atom is -0.506 e. The summed E-state index contributed by atoms with van der Waals surface area (Å²) >= 11 is 0. The summed E-state index contributed by atoms with van der Waals surface area (Å²) in [5, 5.41) is 22.7. The molecule has 0 bridgehead atoms. The summed E-state index contributed by atoms with van der Waals surface area (Å²) in [6.45, 7) is 0. The Morgan fingerprint density at radius 3 is 1.92 bits per heavy atom. The summed E-state index contributed by atoms with van der Waals surface area (Å²) in [5.41, 5.74) is 5.69. The highest BCUT2D eigenvalue weighted by Gasteiger charge is 1.87. The smallest absolute Gasteiger partial charge is 0.503 e. The van der Waals surface area contributed by atoms with Crippen LogP contribution in [0, 0.1) is 0 Å². The van der Waals surface area contributed by atoms with Crippen molar-refractivity contribution >= 4 is 11.8 Å². The summed E-state index contributed by atoms with van der Waals surface area (Å²) in [4.78, 5) is 8.56. The van der Waals surface area contributed by atoms with Crippen molar-refractivity contribution in [2.24, 2.45) is 0 Å². The zero-order valence-electron chi connectivity index (χ0n) is 6.14. The van der Waals surface area contributed by atoms with Crippen LogP contribution < -0.4 is 5.73 Å². The van der Waals surface area contributed by atoms with Crippen molar-refractivity contribution in [3.05, 3.63) is 24.3 Å². The molecule has 5 nitrogen and oxygen atoms in total. The minimum absolute atomic E-state index is 0.146. The van der Waals surface area contributed by atoms with Gasteiger partial charge < -0.3 is 21.1 Å². The van der Waals surface area contributed by atoms with Crippen LogP contribution in [0.3, 0.4) is 0 Å². The standard InChI is InChI=1S/C6H7NO.CH2O3/c7-5-3-1-2-4-6(5)8;2-1(3)4/h1-4,8H,7H2;(H2,2,3,4). The van der Waals surface area contributed by atoms with Crippen LogP contribution in [-0.4, -0.2) is 21.5 Å². The maximum Gasteiger partial charge on any atom is 0.503 e. The molecular weight excluding hydrogens is 162 g/mol. The summed E-state index contributed by atoms with van der Waals surface area (Å²) in [6.07, 6.45) is -1.83. The van der Waals surface area contributed by atoms with E-state index in [0.717, 1.165) is 0 Å². The van der Waals surface area contributed by atoms with Gasteiger partial charge in [-0.3, -0.25) is 0 Å². The van der Waals surface area contributed by atoms with Crippen LogP contribution in [0.1, 0.15) is 0 Å². The molecule has 5 heteroatoms. The van der Waals surface area contributed by atoms with Crippen LogP contribution >= 0.6 is 0 Å². The van der Waals surface area contributed by atoms with Crippen LogP contribution in [0.5, 0.6) is 5.75 Å². The highest BCUT2D eigenvalue weighted by molar-refractivity contribution is 5.53. The fraction of sp³-hybridized carbons (Fsp3) is 0. The van der Waals surface area contributed by atoms with Gasteiger partial charge in [-0.25, -0.2) is 4.79 Å². The van der Waals surface area contributed by atoms with Crippen LogP contribution in [0.2, 0.25) is 0 Å².